The molecule has 1 heterocycles. The Balaban J connectivity index is 1.50. The molecule has 1 amide bonds. The summed E-state index contributed by atoms with van der Waals surface area (Å²) in [6.07, 6.45) is 11.7. The van der Waals surface area contributed by atoms with E-state index in [2.05, 4.69) is 22.4 Å². The van der Waals surface area contributed by atoms with Gasteiger partial charge in [-0.2, -0.15) is 0 Å². The van der Waals surface area contributed by atoms with Crippen molar-refractivity contribution in [3.8, 4) is 0 Å². The van der Waals surface area contributed by atoms with Crippen molar-refractivity contribution in [2.75, 3.05) is 13.1 Å². The van der Waals surface area contributed by atoms with Gasteiger partial charge < -0.3 is 10.2 Å². The normalized spacial score (nSPS) is 33.4. The molecular formula is C14H22N2O. The first-order valence-corrected chi connectivity index (χ1v) is 7.03. The quantitative estimate of drug-likeness (QED) is 0.751. The Hall–Kier alpha value is -0.830. The summed E-state index contributed by atoms with van der Waals surface area (Å²) in [5.41, 5.74) is 0. The second-order valence-corrected chi connectivity index (χ2v) is 5.72. The number of allylic oxidation sites excluding steroid dienone is 2. The largest absolute Gasteiger partial charge is 0.341 e. The summed E-state index contributed by atoms with van der Waals surface area (Å²) in [7, 11) is 0. The van der Waals surface area contributed by atoms with Gasteiger partial charge in [0.1, 0.15) is 0 Å². The molecule has 3 aliphatic rings. The summed E-state index contributed by atoms with van der Waals surface area (Å²) in [4.78, 5) is 14.3. The van der Waals surface area contributed by atoms with Gasteiger partial charge in [0, 0.05) is 19.1 Å². The van der Waals surface area contributed by atoms with Crippen LogP contribution in [0.3, 0.4) is 0 Å². The second-order valence-electron chi connectivity index (χ2n) is 5.72. The van der Waals surface area contributed by atoms with E-state index in [-0.39, 0.29) is 6.04 Å². The average molecular weight is 234 g/mol. The molecule has 0 aromatic carbocycles. The summed E-state index contributed by atoms with van der Waals surface area (Å²) in [5, 5.41) is 3.46. The molecule has 1 aliphatic heterocycles. The number of carbonyl (C=O) groups excluding carboxylic acids is 1. The number of hydrogen-bond donors (Lipinski definition) is 1. The summed E-state index contributed by atoms with van der Waals surface area (Å²) in [6, 6.07) is 0.767. The van der Waals surface area contributed by atoms with Gasteiger partial charge in [0.2, 0.25) is 5.91 Å². The van der Waals surface area contributed by atoms with Crippen molar-refractivity contribution in [3.63, 3.8) is 0 Å². The minimum Gasteiger partial charge on any atom is -0.341 e. The van der Waals surface area contributed by atoms with E-state index in [1.165, 1.54) is 25.7 Å². The number of hydrogen-bond acceptors (Lipinski definition) is 2. The van der Waals surface area contributed by atoms with E-state index in [1.807, 2.05) is 0 Å². The second kappa shape index (κ2) is 4.81. The van der Waals surface area contributed by atoms with Crippen molar-refractivity contribution >= 4 is 5.91 Å². The fourth-order valence-corrected chi connectivity index (χ4v) is 2.94. The molecule has 17 heavy (non-hydrogen) atoms. The van der Waals surface area contributed by atoms with E-state index >= 15 is 0 Å². The third-order valence-electron chi connectivity index (χ3n) is 4.17. The van der Waals surface area contributed by atoms with Crippen LogP contribution in [0.4, 0.5) is 0 Å². The zero-order chi connectivity index (χ0) is 11.7. The van der Waals surface area contributed by atoms with E-state index in [0.717, 1.165) is 25.9 Å². The zero-order valence-corrected chi connectivity index (χ0v) is 10.4. The molecule has 94 valence electrons. The Morgan fingerprint density at radius 3 is 2.82 bits per heavy atom. The van der Waals surface area contributed by atoms with E-state index in [0.29, 0.717) is 17.9 Å². The van der Waals surface area contributed by atoms with Crippen molar-refractivity contribution in [3.05, 3.63) is 12.2 Å². The molecule has 3 heteroatoms. The van der Waals surface area contributed by atoms with Crippen LogP contribution in [-0.4, -0.2) is 36.0 Å². The van der Waals surface area contributed by atoms with Gasteiger partial charge in [-0.3, -0.25) is 4.79 Å². The molecule has 1 N–H and O–H groups in total. The predicted molar refractivity (Wildman–Crippen MR) is 67.6 cm³/mol. The molecule has 2 fully saturated rings. The number of carbonyl (C=O) groups is 1. The molecule has 0 radical (unpaired) electrons. The first-order valence-electron chi connectivity index (χ1n) is 7.03. The first kappa shape index (κ1) is 11.3. The van der Waals surface area contributed by atoms with Crippen LogP contribution in [0.25, 0.3) is 0 Å². The van der Waals surface area contributed by atoms with Crippen LogP contribution >= 0.6 is 0 Å². The van der Waals surface area contributed by atoms with Crippen LogP contribution in [0.2, 0.25) is 0 Å². The smallest absolute Gasteiger partial charge is 0.239 e. The SMILES string of the molecule is O=C1C(NC2CC2)CCN1CC1CC=CCC1. The lowest BCUT2D eigenvalue weighted by Crippen LogP contribution is -2.40. The number of rotatable bonds is 4. The Kier molecular flexibility index (Phi) is 3.19. The van der Waals surface area contributed by atoms with Gasteiger partial charge in [-0.05, 0) is 44.4 Å². The van der Waals surface area contributed by atoms with Crippen molar-refractivity contribution in [1.29, 1.82) is 0 Å². The van der Waals surface area contributed by atoms with E-state index in [9.17, 15) is 4.79 Å². The fraction of sp³-hybridized carbons (Fsp3) is 0.786. The van der Waals surface area contributed by atoms with Crippen molar-refractivity contribution < 1.29 is 4.79 Å². The minimum absolute atomic E-state index is 0.127. The third-order valence-corrected chi connectivity index (χ3v) is 4.17. The van der Waals surface area contributed by atoms with E-state index < -0.39 is 0 Å². The third kappa shape index (κ3) is 2.71. The molecule has 1 saturated heterocycles. The molecule has 3 nitrogen and oxygen atoms in total. The Morgan fingerprint density at radius 1 is 1.24 bits per heavy atom. The lowest BCUT2D eigenvalue weighted by molar-refractivity contribution is -0.130. The molecule has 0 bridgehead atoms. The van der Waals surface area contributed by atoms with Crippen LogP contribution in [0.15, 0.2) is 12.2 Å². The average Bonchev–Trinajstić information content (AvgIpc) is 3.11. The van der Waals surface area contributed by atoms with Gasteiger partial charge in [-0.1, -0.05) is 12.2 Å². The van der Waals surface area contributed by atoms with Crippen LogP contribution in [0, 0.1) is 5.92 Å². The van der Waals surface area contributed by atoms with Crippen LogP contribution in [0.5, 0.6) is 0 Å². The minimum atomic E-state index is 0.127. The van der Waals surface area contributed by atoms with Gasteiger partial charge in [0.15, 0.2) is 0 Å². The Morgan fingerprint density at radius 2 is 2.12 bits per heavy atom. The topological polar surface area (TPSA) is 32.3 Å². The fourth-order valence-electron chi connectivity index (χ4n) is 2.94. The number of nitrogens with one attached hydrogen (secondary N) is 1. The highest BCUT2D eigenvalue weighted by molar-refractivity contribution is 5.84. The lowest BCUT2D eigenvalue weighted by atomic mass is 9.94. The first-order chi connectivity index (χ1) is 8.33. The molecule has 1 saturated carbocycles. The van der Waals surface area contributed by atoms with E-state index in [1.54, 1.807) is 0 Å². The number of amides is 1. The van der Waals surface area contributed by atoms with Crippen molar-refractivity contribution in [2.45, 2.75) is 50.6 Å². The molecule has 0 spiro atoms. The van der Waals surface area contributed by atoms with Gasteiger partial charge in [-0.25, -0.2) is 0 Å². The number of likely N-dealkylation sites (tertiary alicyclic amines) is 1. The zero-order valence-electron chi connectivity index (χ0n) is 10.4. The Bertz CT molecular complexity index is 322. The van der Waals surface area contributed by atoms with Crippen LogP contribution in [0.1, 0.15) is 38.5 Å². The molecular weight excluding hydrogens is 212 g/mol. The highest BCUT2D eigenvalue weighted by Crippen LogP contribution is 2.25. The van der Waals surface area contributed by atoms with Gasteiger partial charge in [0.25, 0.3) is 0 Å². The molecule has 2 aliphatic carbocycles. The lowest BCUT2D eigenvalue weighted by Gasteiger charge is -2.24. The Labute approximate surface area is 103 Å². The van der Waals surface area contributed by atoms with Gasteiger partial charge in [0.05, 0.1) is 6.04 Å². The highest BCUT2D eigenvalue weighted by Gasteiger charge is 2.36. The van der Waals surface area contributed by atoms with Crippen LogP contribution in [-0.2, 0) is 4.79 Å². The van der Waals surface area contributed by atoms with Crippen LogP contribution < -0.4 is 5.32 Å². The molecule has 2 unspecified atom stereocenters. The maximum Gasteiger partial charge on any atom is 0.239 e. The summed E-state index contributed by atoms with van der Waals surface area (Å²) >= 11 is 0. The summed E-state index contributed by atoms with van der Waals surface area (Å²) < 4.78 is 0. The molecule has 3 rings (SSSR count). The predicted octanol–water partition coefficient (Wildman–Crippen LogP) is 1.70. The van der Waals surface area contributed by atoms with E-state index in [4.69, 9.17) is 0 Å². The summed E-state index contributed by atoms with van der Waals surface area (Å²) in [6.45, 7) is 1.94. The maximum absolute atomic E-state index is 12.2. The van der Waals surface area contributed by atoms with Gasteiger partial charge >= 0.3 is 0 Å². The van der Waals surface area contributed by atoms with Gasteiger partial charge in [-0.15, -0.1) is 0 Å². The number of nitrogens with zero attached hydrogens (tertiary/aromatic N) is 1. The summed E-state index contributed by atoms with van der Waals surface area (Å²) in [5.74, 6) is 1.05. The monoisotopic (exact) mass is 234 g/mol. The molecule has 0 aromatic rings. The van der Waals surface area contributed by atoms with Crippen molar-refractivity contribution in [2.24, 2.45) is 5.92 Å². The standard InChI is InChI=1S/C14H22N2O/c17-14-13(15-12-6-7-12)8-9-16(14)10-11-4-2-1-3-5-11/h1-2,11-13,15H,3-10H2. The molecule has 2 atom stereocenters. The van der Waals surface area contributed by atoms with Crippen molar-refractivity contribution in [1.82, 2.24) is 10.2 Å². The molecule has 0 aromatic heterocycles. The maximum atomic E-state index is 12.2. The highest BCUT2D eigenvalue weighted by atomic mass is 16.2.